The highest BCUT2D eigenvalue weighted by Gasteiger charge is 2.16. The number of halogens is 3. The molecule has 124 valence electrons. The van der Waals surface area contributed by atoms with E-state index in [2.05, 4.69) is 15.5 Å². The van der Waals surface area contributed by atoms with Crippen LogP contribution < -0.4 is 5.32 Å². The molecule has 1 aromatic heterocycles. The van der Waals surface area contributed by atoms with Crippen molar-refractivity contribution in [3.05, 3.63) is 70.4 Å². The molecule has 2 aromatic carbocycles. The van der Waals surface area contributed by atoms with E-state index in [1.807, 2.05) is 0 Å². The van der Waals surface area contributed by atoms with Gasteiger partial charge in [-0.2, -0.15) is 5.10 Å². The van der Waals surface area contributed by atoms with Crippen LogP contribution in [0.2, 0.25) is 5.02 Å². The summed E-state index contributed by atoms with van der Waals surface area (Å²) in [6, 6.07) is 8.79. The second-order valence-corrected chi connectivity index (χ2v) is 5.60. The van der Waals surface area contributed by atoms with E-state index in [0.717, 1.165) is 0 Å². The fourth-order valence-electron chi connectivity index (χ4n) is 2.39. The van der Waals surface area contributed by atoms with E-state index in [9.17, 15) is 13.9 Å². The van der Waals surface area contributed by atoms with Gasteiger partial charge in [-0.3, -0.25) is 5.10 Å². The van der Waals surface area contributed by atoms with Crippen molar-refractivity contribution < 1.29 is 13.9 Å². The van der Waals surface area contributed by atoms with E-state index >= 15 is 0 Å². The molecule has 0 aliphatic heterocycles. The zero-order valence-corrected chi connectivity index (χ0v) is 13.2. The molecule has 0 aliphatic rings. The maximum atomic E-state index is 14.0. The van der Waals surface area contributed by atoms with Crippen LogP contribution in [-0.2, 0) is 13.2 Å². The molecular weight excluding hydrogens is 336 g/mol. The van der Waals surface area contributed by atoms with Crippen molar-refractivity contribution in [1.82, 2.24) is 10.2 Å². The van der Waals surface area contributed by atoms with E-state index in [-0.39, 0.29) is 24.4 Å². The summed E-state index contributed by atoms with van der Waals surface area (Å²) in [4.78, 5) is 0. The predicted octanol–water partition coefficient (Wildman–Crippen LogP) is 4.11. The highest BCUT2D eigenvalue weighted by atomic mass is 35.5. The number of H-pyrrole nitrogens is 1. The van der Waals surface area contributed by atoms with Gasteiger partial charge in [0.1, 0.15) is 11.6 Å². The lowest BCUT2D eigenvalue weighted by Crippen LogP contribution is -2.02. The summed E-state index contributed by atoms with van der Waals surface area (Å²) in [6.45, 7) is 0.150. The monoisotopic (exact) mass is 349 g/mol. The van der Waals surface area contributed by atoms with Crippen LogP contribution in [0.15, 0.2) is 42.6 Å². The molecule has 7 heteroatoms. The molecule has 0 spiro atoms. The van der Waals surface area contributed by atoms with Gasteiger partial charge in [-0.15, -0.1) is 0 Å². The van der Waals surface area contributed by atoms with Crippen molar-refractivity contribution in [1.29, 1.82) is 0 Å². The molecule has 0 saturated heterocycles. The Morgan fingerprint density at radius 2 is 1.92 bits per heavy atom. The van der Waals surface area contributed by atoms with Gasteiger partial charge in [-0.25, -0.2) is 8.78 Å². The van der Waals surface area contributed by atoms with Crippen molar-refractivity contribution in [3.63, 3.8) is 0 Å². The number of rotatable bonds is 5. The van der Waals surface area contributed by atoms with Gasteiger partial charge in [-0.05, 0) is 29.8 Å². The van der Waals surface area contributed by atoms with Crippen LogP contribution >= 0.6 is 11.6 Å². The number of hydrogen-bond donors (Lipinski definition) is 3. The average Bonchev–Trinajstić information content (AvgIpc) is 3.02. The largest absolute Gasteiger partial charge is 0.392 e. The third kappa shape index (κ3) is 3.25. The maximum Gasteiger partial charge on any atom is 0.135 e. The van der Waals surface area contributed by atoms with Crippen molar-refractivity contribution in [2.45, 2.75) is 13.2 Å². The van der Waals surface area contributed by atoms with E-state index in [1.54, 1.807) is 18.2 Å². The first-order valence-electron chi connectivity index (χ1n) is 7.20. The zero-order valence-electron chi connectivity index (χ0n) is 12.5. The maximum absolute atomic E-state index is 14.0. The summed E-state index contributed by atoms with van der Waals surface area (Å²) >= 11 is 6.11. The molecule has 0 unspecified atom stereocenters. The molecule has 1 heterocycles. The van der Waals surface area contributed by atoms with Crippen LogP contribution in [0.25, 0.3) is 11.3 Å². The minimum absolute atomic E-state index is 0.108. The third-order valence-corrected chi connectivity index (χ3v) is 3.94. The van der Waals surface area contributed by atoms with Gasteiger partial charge < -0.3 is 10.4 Å². The molecule has 3 aromatic rings. The van der Waals surface area contributed by atoms with Crippen LogP contribution in [0.4, 0.5) is 14.5 Å². The topological polar surface area (TPSA) is 60.9 Å². The van der Waals surface area contributed by atoms with Crippen molar-refractivity contribution in [3.8, 4) is 11.3 Å². The van der Waals surface area contributed by atoms with Crippen LogP contribution in [0.3, 0.4) is 0 Å². The molecule has 0 saturated carbocycles. The number of nitrogens with one attached hydrogen (secondary N) is 2. The van der Waals surface area contributed by atoms with E-state index in [0.29, 0.717) is 21.8 Å². The Kier molecular flexibility index (Phi) is 4.78. The molecule has 0 fully saturated rings. The van der Waals surface area contributed by atoms with Crippen LogP contribution in [0.1, 0.15) is 11.1 Å². The van der Waals surface area contributed by atoms with Crippen molar-refractivity contribution in [2.75, 3.05) is 5.32 Å². The smallest absolute Gasteiger partial charge is 0.135 e. The lowest BCUT2D eigenvalue weighted by molar-refractivity contribution is 0.282. The first-order chi connectivity index (χ1) is 11.6. The van der Waals surface area contributed by atoms with E-state index in [1.165, 1.54) is 24.4 Å². The van der Waals surface area contributed by atoms with Crippen LogP contribution in [0, 0.1) is 11.6 Å². The zero-order chi connectivity index (χ0) is 17.1. The SMILES string of the molecule is OCc1ccc(Cl)c(NCc2cn[nH]c2-c2c(F)cccc2F)c1. The fraction of sp³-hybridized carbons (Fsp3) is 0.118. The molecule has 24 heavy (non-hydrogen) atoms. The fourth-order valence-corrected chi connectivity index (χ4v) is 2.58. The Labute approximate surface area is 142 Å². The Balaban J connectivity index is 1.87. The molecule has 0 aliphatic carbocycles. The van der Waals surface area contributed by atoms with E-state index < -0.39 is 11.6 Å². The number of hydrogen-bond acceptors (Lipinski definition) is 3. The molecule has 0 atom stereocenters. The summed E-state index contributed by atoms with van der Waals surface area (Å²) in [5, 5.41) is 19.3. The first-order valence-corrected chi connectivity index (χ1v) is 7.57. The molecule has 0 bridgehead atoms. The molecule has 3 N–H and O–H groups in total. The van der Waals surface area contributed by atoms with Crippen LogP contribution in [-0.4, -0.2) is 15.3 Å². The van der Waals surface area contributed by atoms with Gasteiger partial charge in [-0.1, -0.05) is 23.7 Å². The highest BCUT2D eigenvalue weighted by Crippen LogP contribution is 2.29. The first kappa shape index (κ1) is 16.4. The van der Waals surface area contributed by atoms with E-state index in [4.69, 9.17) is 11.6 Å². The number of benzene rings is 2. The molecule has 3 rings (SSSR count). The Morgan fingerprint density at radius 3 is 2.62 bits per heavy atom. The van der Waals surface area contributed by atoms with Gasteiger partial charge in [0.15, 0.2) is 0 Å². The van der Waals surface area contributed by atoms with Gasteiger partial charge in [0, 0.05) is 12.1 Å². The number of anilines is 1. The van der Waals surface area contributed by atoms with Gasteiger partial charge in [0.2, 0.25) is 0 Å². The van der Waals surface area contributed by atoms with Gasteiger partial charge in [0.05, 0.1) is 34.8 Å². The quantitative estimate of drug-likeness (QED) is 0.649. The molecule has 4 nitrogen and oxygen atoms in total. The summed E-state index contributed by atoms with van der Waals surface area (Å²) in [7, 11) is 0. The highest BCUT2D eigenvalue weighted by molar-refractivity contribution is 6.33. The van der Waals surface area contributed by atoms with Gasteiger partial charge >= 0.3 is 0 Å². The number of aliphatic hydroxyl groups is 1. The molecular formula is C17H14ClF2N3O. The number of aliphatic hydroxyl groups excluding tert-OH is 1. The lowest BCUT2D eigenvalue weighted by Gasteiger charge is -2.11. The summed E-state index contributed by atoms with van der Waals surface area (Å²) in [5.74, 6) is -1.33. The second kappa shape index (κ2) is 6.98. The number of aromatic amines is 1. The number of nitrogens with zero attached hydrogens (tertiary/aromatic N) is 1. The molecule has 0 radical (unpaired) electrons. The van der Waals surface area contributed by atoms with Crippen molar-refractivity contribution >= 4 is 17.3 Å². The summed E-state index contributed by atoms with van der Waals surface area (Å²) < 4.78 is 27.9. The summed E-state index contributed by atoms with van der Waals surface area (Å²) in [6.07, 6.45) is 1.50. The normalized spacial score (nSPS) is 10.8. The Bertz CT molecular complexity index is 847. The molecule has 0 amide bonds. The summed E-state index contributed by atoms with van der Waals surface area (Å²) in [5.41, 5.74) is 2.03. The van der Waals surface area contributed by atoms with Gasteiger partial charge in [0.25, 0.3) is 0 Å². The minimum Gasteiger partial charge on any atom is -0.392 e. The second-order valence-electron chi connectivity index (χ2n) is 5.19. The van der Waals surface area contributed by atoms with Crippen molar-refractivity contribution in [2.24, 2.45) is 0 Å². The third-order valence-electron chi connectivity index (χ3n) is 3.61. The Hall–Kier alpha value is -2.44. The predicted molar refractivity (Wildman–Crippen MR) is 88.6 cm³/mol. The van der Waals surface area contributed by atoms with Crippen LogP contribution in [0.5, 0.6) is 0 Å². The Morgan fingerprint density at radius 1 is 1.17 bits per heavy atom. The minimum atomic E-state index is -0.666. The average molecular weight is 350 g/mol. The number of aromatic nitrogens is 2. The standard InChI is InChI=1S/C17H14ClF2N3O/c18-12-5-4-10(9-24)6-15(12)21-7-11-8-22-23-17(11)16-13(19)2-1-3-14(16)20/h1-6,8,21,24H,7,9H2,(H,22,23). The lowest BCUT2D eigenvalue weighted by atomic mass is 10.1.